The van der Waals surface area contributed by atoms with Crippen LogP contribution in [-0.2, 0) is 6.42 Å². The molecule has 0 atom stereocenters. The summed E-state index contributed by atoms with van der Waals surface area (Å²) in [5.74, 6) is -0.112. The van der Waals surface area contributed by atoms with Crippen LogP contribution in [0.4, 0.5) is 0 Å². The maximum atomic E-state index is 12.3. The largest absolute Gasteiger partial charge is 0.508 e. The van der Waals surface area contributed by atoms with Crippen LogP contribution < -0.4 is 4.74 Å². The monoisotopic (exact) mass is 364 g/mol. The first kappa shape index (κ1) is 18.3. The number of aryl methyl sites for hydroxylation is 2. The lowest BCUT2D eigenvalue weighted by atomic mass is 10.0. The van der Waals surface area contributed by atoms with Crippen LogP contribution in [0.5, 0.6) is 28.7 Å². The normalized spacial score (nSPS) is 10.6. The van der Waals surface area contributed by atoms with E-state index in [1.54, 1.807) is 0 Å². The Balaban J connectivity index is 1.62. The third kappa shape index (κ3) is 4.58. The van der Waals surface area contributed by atoms with Crippen molar-refractivity contribution in [3.05, 3.63) is 77.4 Å². The molecule has 138 valence electrons. The number of ketones is 1. The molecular weight excluding hydrogens is 344 g/mol. The van der Waals surface area contributed by atoms with Crippen molar-refractivity contribution < 1.29 is 24.9 Å². The number of phenols is 3. The smallest absolute Gasteiger partial charge is 0.170 e. The molecule has 0 unspecified atom stereocenters. The molecule has 0 fully saturated rings. The third-order valence-corrected chi connectivity index (χ3v) is 4.18. The van der Waals surface area contributed by atoms with Gasteiger partial charge in [0.15, 0.2) is 5.78 Å². The van der Waals surface area contributed by atoms with E-state index in [2.05, 4.69) is 0 Å². The SMILES string of the molecule is Cc1ccc(Oc2ccc(CCC(=O)c3c(O)cc(O)cc3O)cc2)cc1. The molecule has 3 aromatic rings. The Kier molecular flexibility index (Phi) is 5.31. The Morgan fingerprint density at radius 2 is 1.37 bits per heavy atom. The van der Waals surface area contributed by atoms with Crippen molar-refractivity contribution >= 4 is 5.78 Å². The van der Waals surface area contributed by atoms with Gasteiger partial charge >= 0.3 is 0 Å². The second-order valence-electron chi connectivity index (χ2n) is 6.34. The van der Waals surface area contributed by atoms with Crippen molar-refractivity contribution in [2.24, 2.45) is 0 Å². The van der Waals surface area contributed by atoms with Gasteiger partial charge in [0.25, 0.3) is 0 Å². The quantitative estimate of drug-likeness (QED) is 0.551. The Hall–Kier alpha value is -3.47. The lowest BCUT2D eigenvalue weighted by molar-refractivity contribution is 0.0977. The first-order valence-electron chi connectivity index (χ1n) is 8.54. The molecule has 0 saturated heterocycles. The fraction of sp³-hybridized carbons (Fsp3) is 0.136. The molecule has 0 heterocycles. The highest BCUT2D eigenvalue weighted by Crippen LogP contribution is 2.33. The van der Waals surface area contributed by atoms with Gasteiger partial charge in [0.1, 0.15) is 34.3 Å². The van der Waals surface area contributed by atoms with E-state index in [1.807, 2.05) is 55.5 Å². The topological polar surface area (TPSA) is 87.0 Å². The highest BCUT2D eigenvalue weighted by molar-refractivity contribution is 6.01. The lowest BCUT2D eigenvalue weighted by Gasteiger charge is -2.09. The Bertz CT molecular complexity index is 920. The molecule has 0 amide bonds. The third-order valence-electron chi connectivity index (χ3n) is 4.18. The van der Waals surface area contributed by atoms with E-state index < -0.39 is 17.3 Å². The Morgan fingerprint density at radius 1 is 0.852 bits per heavy atom. The van der Waals surface area contributed by atoms with Crippen molar-refractivity contribution in [3.8, 4) is 28.7 Å². The number of hydrogen-bond donors (Lipinski definition) is 3. The minimum Gasteiger partial charge on any atom is -0.508 e. The van der Waals surface area contributed by atoms with Crippen LogP contribution in [0.3, 0.4) is 0 Å². The van der Waals surface area contributed by atoms with Gasteiger partial charge in [-0.1, -0.05) is 29.8 Å². The highest BCUT2D eigenvalue weighted by Gasteiger charge is 2.17. The van der Waals surface area contributed by atoms with E-state index in [9.17, 15) is 20.1 Å². The summed E-state index contributed by atoms with van der Waals surface area (Å²) in [4.78, 5) is 12.3. The molecule has 0 aliphatic carbocycles. The van der Waals surface area contributed by atoms with Gasteiger partial charge < -0.3 is 20.1 Å². The number of phenolic OH excluding ortho intramolecular Hbond substituents is 3. The minimum atomic E-state index is -0.431. The minimum absolute atomic E-state index is 0.115. The second kappa shape index (κ2) is 7.83. The summed E-state index contributed by atoms with van der Waals surface area (Å²) >= 11 is 0. The van der Waals surface area contributed by atoms with Crippen LogP contribution in [0.1, 0.15) is 27.9 Å². The summed E-state index contributed by atoms with van der Waals surface area (Å²) in [7, 11) is 0. The molecule has 0 spiro atoms. The van der Waals surface area contributed by atoms with Crippen molar-refractivity contribution in [3.63, 3.8) is 0 Å². The number of carbonyl (C=O) groups is 1. The number of Topliss-reactive ketones (excluding diaryl/α,β-unsaturated/α-hetero) is 1. The zero-order chi connectivity index (χ0) is 19.4. The number of carbonyl (C=O) groups excluding carboxylic acids is 1. The van der Waals surface area contributed by atoms with Gasteiger partial charge in [-0.25, -0.2) is 0 Å². The first-order valence-corrected chi connectivity index (χ1v) is 8.54. The van der Waals surface area contributed by atoms with E-state index in [0.29, 0.717) is 12.2 Å². The van der Waals surface area contributed by atoms with Crippen LogP contribution in [0, 0.1) is 6.92 Å². The molecule has 0 bridgehead atoms. The van der Waals surface area contributed by atoms with Gasteiger partial charge in [-0.05, 0) is 43.2 Å². The average molecular weight is 364 g/mol. The summed E-state index contributed by atoms with van der Waals surface area (Å²) in [5, 5.41) is 28.9. The second-order valence-corrected chi connectivity index (χ2v) is 6.34. The number of ether oxygens (including phenoxy) is 1. The molecule has 3 aromatic carbocycles. The van der Waals surface area contributed by atoms with Crippen LogP contribution in [0.2, 0.25) is 0 Å². The molecule has 0 aromatic heterocycles. The highest BCUT2D eigenvalue weighted by atomic mass is 16.5. The standard InChI is InChI=1S/C22H20O5/c1-14-2-7-17(8-3-14)27-18-9-4-15(5-10-18)6-11-19(24)22-20(25)12-16(23)13-21(22)26/h2-5,7-10,12-13,23,25-26H,6,11H2,1H3. The molecule has 0 saturated carbocycles. The summed E-state index contributed by atoms with van der Waals surface area (Å²) in [6, 6.07) is 17.2. The molecule has 0 aliphatic rings. The van der Waals surface area contributed by atoms with Crippen LogP contribution in [-0.4, -0.2) is 21.1 Å². The van der Waals surface area contributed by atoms with Gasteiger partial charge in [-0.15, -0.1) is 0 Å². The van der Waals surface area contributed by atoms with Gasteiger partial charge in [-0.2, -0.15) is 0 Å². The van der Waals surface area contributed by atoms with Crippen LogP contribution in [0.25, 0.3) is 0 Å². The van der Waals surface area contributed by atoms with E-state index in [0.717, 1.165) is 29.0 Å². The van der Waals surface area contributed by atoms with Gasteiger partial charge in [-0.3, -0.25) is 4.79 Å². The zero-order valence-corrected chi connectivity index (χ0v) is 14.8. The summed E-state index contributed by atoms with van der Waals surface area (Å²) in [5.41, 5.74) is 1.91. The summed E-state index contributed by atoms with van der Waals surface area (Å²) in [6.45, 7) is 2.01. The number of hydrogen-bond acceptors (Lipinski definition) is 5. The van der Waals surface area contributed by atoms with Crippen molar-refractivity contribution in [2.75, 3.05) is 0 Å². The maximum Gasteiger partial charge on any atom is 0.170 e. The Morgan fingerprint density at radius 3 is 1.93 bits per heavy atom. The predicted molar refractivity (Wildman–Crippen MR) is 102 cm³/mol. The van der Waals surface area contributed by atoms with Crippen LogP contribution in [0.15, 0.2) is 60.7 Å². The molecule has 0 radical (unpaired) electrons. The molecular formula is C22H20O5. The molecule has 27 heavy (non-hydrogen) atoms. The summed E-state index contributed by atoms with van der Waals surface area (Å²) in [6.07, 6.45) is 0.563. The van der Waals surface area contributed by atoms with E-state index in [1.165, 1.54) is 0 Å². The van der Waals surface area contributed by atoms with Gasteiger partial charge in [0.05, 0.1) is 0 Å². The van der Waals surface area contributed by atoms with Crippen LogP contribution >= 0.6 is 0 Å². The molecule has 3 rings (SSSR count). The van der Waals surface area contributed by atoms with Gasteiger partial charge in [0, 0.05) is 18.6 Å². The van der Waals surface area contributed by atoms with E-state index in [4.69, 9.17) is 4.74 Å². The fourth-order valence-electron chi connectivity index (χ4n) is 2.73. The van der Waals surface area contributed by atoms with Crippen molar-refractivity contribution in [1.29, 1.82) is 0 Å². The Labute approximate surface area is 157 Å². The number of aromatic hydroxyl groups is 3. The number of benzene rings is 3. The molecule has 5 nitrogen and oxygen atoms in total. The molecule has 0 aliphatic heterocycles. The maximum absolute atomic E-state index is 12.3. The van der Waals surface area contributed by atoms with E-state index >= 15 is 0 Å². The first-order chi connectivity index (χ1) is 12.9. The fourth-order valence-corrected chi connectivity index (χ4v) is 2.73. The lowest BCUT2D eigenvalue weighted by Crippen LogP contribution is -2.02. The molecule has 3 N–H and O–H groups in total. The average Bonchev–Trinajstić information content (AvgIpc) is 2.62. The van der Waals surface area contributed by atoms with Crippen molar-refractivity contribution in [1.82, 2.24) is 0 Å². The molecule has 5 heteroatoms. The zero-order valence-electron chi connectivity index (χ0n) is 14.8. The summed E-state index contributed by atoms with van der Waals surface area (Å²) < 4.78 is 5.77. The van der Waals surface area contributed by atoms with Gasteiger partial charge in [0.2, 0.25) is 0 Å². The van der Waals surface area contributed by atoms with E-state index in [-0.39, 0.29) is 17.7 Å². The van der Waals surface area contributed by atoms with Crippen molar-refractivity contribution in [2.45, 2.75) is 19.8 Å². The number of rotatable bonds is 6. The predicted octanol–water partition coefficient (Wildman–Crippen LogP) is 4.72.